The summed E-state index contributed by atoms with van der Waals surface area (Å²) in [5.41, 5.74) is -1.86. The normalized spacial score (nSPS) is 10.8. The van der Waals surface area contributed by atoms with E-state index in [1.165, 1.54) is 0 Å². The summed E-state index contributed by atoms with van der Waals surface area (Å²) in [4.78, 5) is 32.0. The molecule has 0 heterocycles. The van der Waals surface area contributed by atoms with Crippen LogP contribution in [0.15, 0.2) is 0 Å². The molecule has 0 aliphatic carbocycles. The second-order valence-corrected chi connectivity index (χ2v) is 2.54. The molecule has 0 fully saturated rings. The molecule has 0 radical (unpaired) electrons. The zero-order chi connectivity index (χ0) is 9.23. The van der Waals surface area contributed by atoms with Crippen LogP contribution >= 0.6 is 0 Å². The predicted octanol–water partition coefficient (Wildman–Crippen LogP) is 0.255. The van der Waals surface area contributed by atoms with Gasteiger partial charge in [-0.2, -0.15) is 0 Å². The molecule has 62 valence electrons. The molecule has 4 heteroatoms. The quantitative estimate of drug-likeness (QED) is 0.598. The smallest absolute Gasteiger partial charge is 0.324 e. The van der Waals surface area contributed by atoms with Crippen molar-refractivity contribution in [1.29, 1.82) is 0 Å². The second kappa shape index (κ2) is 2.82. The molecule has 0 saturated heterocycles. The van der Waals surface area contributed by atoms with Gasteiger partial charge in [-0.25, -0.2) is 0 Å². The molecule has 0 aromatic heterocycles. The third-order valence-electron chi connectivity index (χ3n) is 1.84. The number of Topliss-reactive ketones (excluding diaryl/α,β-unsaturated/α-hetero) is 2. The minimum absolute atomic E-state index is 0.641. The van der Waals surface area contributed by atoms with E-state index in [9.17, 15) is 14.4 Å². The van der Waals surface area contributed by atoms with E-state index < -0.39 is 23.0 Å². The molecule has 0 aliphatic heterocycles. The topological polar surface area (TPSA) is 71.4 Å². The van der Waals surface area contributed by atoms with Crippen LogP contribution in [0.4, 0.5) is 0 Å². The Morgan fingerprint density at radius 3 is 1.36 bits per heavy atom. The van der Waals surface area contributed by atoms with Crippen molar-refractivity contribution in [2.45, 2.75) is 20.8 Å². The standard InChI is InChI=1S/C7H10O4/c1-4(8)7(3,5(2)9)6(10)11/h1-3H3,(H,10,11). The van der Waals surface area contributed by atoms with E-state index in [0.717, 1.165) is 20.8 Å². The summed E-state index contributed by atoms with van der Waals surface area (Å²) in [6, 6.07) is 0. The summed E-state index contributed by atoms with van der Waals surface area (Å²) in [5.74, 6) is -2.67. The van der Waals surface area contributed by atoms with Gasteiger partial charge in [0, 0.05) is 0 Å². The van der Waals surface area contributed by atoms with Gasteiger partial charge in [0.15, 0.2) is 17.0 Å². The van der Waals surface area contributed by atoms with Crippen molar-refractivity contribution in [3.8, 4) is 0 Å². The molecule has 0 bridgehead atoms. The van der Waals surface area contributed by atoms with E-state index in [1.54, 1.807) is 0 Å². The Morgan fingerprint density at radius 1 is 1.09 bits per heavy atom. The molecular formula is C7H10O4. The summed E-state index contributed by atoms with van der Waals surface area (Å²) in [7, 11) is 0. The minimum Gasteiger partial charge on any atom is -0.480 e. The number of aliphatic carboxylic acids is 1. The lowest BCUT2D eigenvalue weighted by atomic mass is 9.83. The van der Waals surface area contributed by atoms with Crippen LogP contribution in [0.5, 0.6) is 0 Å². The Morgan fingerprint density at radius 2 is 1.36 bits per heavy atom. The van der Waals surface area contributed by atoms with E-state index in [0.29, 0.717) is 0 Å². The fourth-order valence-electron chi connectivity index (χ4n) is 0.549. The Labute approximate surface area is 64.2 Å². The Kier molecular flexibility index (Phi) is 2.51. The Bertz CT molecular complexity index is 180. The fourth-order valence-corrected chi connectivity index (χ4v) is 0.549. The predicted molar refractivity (Wildman–Crippen MR) is 37.1 cm³/mol. The number of carboxylic acids is 1. The lowest BCUT2D eigenvalue weighted by Crippen LogP contribution is -2.41. The van der Waals surface area contributed by atoms with Gasteiger partial charge in [0.2, 0.25) is 0 Å². The molecule has 0 spiro atoms. The molecule has 0 amide bonds. The summed E-state index contributed by atoms with van der Waals surface area (Å²) in [6.45, 7) is 3.30. The number of hydrogen-bond acceptors (Lipinski definition) is 3. The number of carbonyl (C=O) groups excluding carboxylic acids is 2. The van der Waals surface area contributed by atoms with Crippen molar-refractivity contribution in [1.82, 2.24) is 0 Å². The third kappa shape index (κ3) is 1.45. The maximum atomic E-state index is 10.7. The van der Waals surface area contributed by atoms with Crippen molar-refractivity contribution in [3.63, 3.8) is 0 Å². The van der Waals surface area contributed by atoms with E-state index >= 15 is 0 Å². The van der Waals surface area contributed by atoms with Crippen LogP contribution in [0.2, 0.25) is 0 Å². The lowest BCUT2D eigenvalue weighted by molar-refractivity contribution is -0.157. The number of hydrogen-bond donors (Lipinski definition) is 1. The average molecular weight is 158 g/mol. The van der Waals surface area contributed by atoms with Gasteiger partial charge < -0.3 is 5.11 Å². The van der Waals surface area contributed by atoms with Crippen molar-refractivity contribution in [3.05, 3.63) is 0 Å². The first-order valence-corrected chi connectivity index (χ1v) is 3.09. The number of carboxylic acid groups (broad SMARTS) is 1. The molecule has 0 saturated carbocycles. The third-order valence-corrected chi connectivity index (χ3v) is 1.84. The minimum atomic E-state index is -1.86. The fraction of sp³-hybridized carbons (Fsp3) is 0.571. The van der Waals surface area contributed by atoms with Crippen molar-refractivity contribution < 1.29 is 19.5 Å². The highest BCUT2D eigenvalue weighted by Gasteiger charge is 2.43. The molecule has 0 aromatic rings. The van der Waals surface area contributed by atoms with Gasteiger partial charge in [-0.05, 0) is 20.8 Å². The second-order valence-electron chi connectivity index (χ2n) is 2.54. The monoisotopic (exact) mass is 158 g/mol. The van der Waals surface area contributed by atoms with Crippen LogP contribution in [0, 0.1) is 5.41 Å². The van der Waals surface area contributed by atoms with Gasteiger partial charge in [0.05, 0.1) is 0 Å². The largest absolute Gasteiger partial charge is 0.480 e. The van der Waals surface area contributed by atoms with Crippen molar-refractivity contribution in [2.75, 3.05) is 0 Å². The van der Waals surface area contributed by atoms with Crippen LogP contribution < -0.4 is 0 Å². The zero-order valence-electron chi connectivity index (χ0n) is 6.67. The van der Waals surface area contributed by atoms with Crippen molar-refractivity contribution in [2.24, 2.45) is 5.41 Å². The SMILES string of the molecule is CC(=O)C(C)(C(C)=O)C(=O)O. The molecule has 0 rings (SSSR count). The van der Waals surface area contributed by atoms with E-state index in [-0.39, 0.29) is 0 Å². The molecular weight excluding hydrogens is 148 g/mol. The van der Waals surface area contributed by atoms with E-state index in [1.807, 2.05) is 0 Å². The first-order chi connectivity index (χ1) is 4.83. The summed E-state index contributed by atoms with van der Waals surface area (Å²) >= 11 is 0. The summed E-state index contributed by atoms with van der Waals surface area (Å²) < 4.78 is 0. The van der Waals surface area contributed by atoms with Crippen LogP contribution in [0.3, 0.4) is 0 Å². The maximum Gasteiger partial charge on any atom is 0.324 e. The lowest BCUT2D eigenvalue weighted by Gasteiger charge is -2.16. The molecule has 0 atom stereocenters. The van der Waals surface area contributed by atoms with E-state index in [2.05, 4.69) is 0 Å². The number of ketones is 2. The highest BCUT2D eigenvalue weighted by atomic mass is 16.4. The van der Waals surface area contributed by atoms with Crippen molar-refractivity contribution >= 4 is 17.5 Å². The van der Waals surface area contributed by atoms with Crippen LogP contribution in [0.1, 0.15) is 20.8 Å². The maximum absolute atomic E-state index is 10.7. The number of carbonyl (C=O) groups is 3. The van der Waals surface area contributed by atoms with Gasteiger partial charge in [0.25, 0.3) is 0 Å². The average Bonchev–Trinajstić information content (AvgIpc) is 1.84. The molecule has 0 unspecified atom stereocenters. The van der Waals surface area contributed by atoms with Crippen LogP contribution in [-0.2, 0) is 14.4 Å². The van der Waals surface area contributed by atoms with Gasteiger partial charge in [-0.1, -0.05) is 0 Å². The van der Waals surface area contributed by atoms with E-state index in [4.69, 9.17) is 5.11 Å². The van der Waals surface area contributed by atoms with Crippen LogP contribution in [0.25, 0.3) is 0 Å². The highest BCUT2D eigenvalue weighted by Crippen LogP contribution is 2.18. The molecule has 4 nitrogen and oxygen atoms in total. The van der Waals surface area contributed by atoms with Gasteiger partial charge in [-0.15, -0.1) is 0 Å². The van der Waals surface area contributed by atoms with Gasteiger partial charge in [0.1, 0.15) is 0 Å². The van der Waals surface area contributed by atoms with Gasteiger partial charge >= 0.3 is 5.97 Å². The molecule has 1 N–H and O–H groups in total. The molecule has 0 aromatic carbocycles. The Hall–Kier alpha value is -1.19. The number of rotatable bonds is 3. The molecule has 0 aliphatic rings. The first-order valence-electron chi connectivity index (χ1n) is 3.09. The van der Waals surface area contributed by atoms with Crippen LogP contribution in [-0.4, -0.2) is 22.6 Å². The Balaban J connectivity index is 4.99. The summed E-state index contributed by atoms with van der Waals surface area (Å²) in [5, 5.41) is 8.53. The zero-order valence-corrected chi connectivity index (χ0v) is 6.67. The highest BCUT2D eigenvalue weighted by molar-refractivity contribution is 6.20. The molecule has 11 heavy (non-hydrogen) atoms. The first kappa shape index (κ1) is 9.81. The summed E-state index contributed by atoms with van der Waals surface area (Å²) in [6.07, 6.45) is 0. The van der Waals surface area contributed by atoms with Gasteiger partial charge in [-0.3, -0.25) is 14.4 Å².